The van der Waals surface area contributed by atoms with Crippen molar-refractivity contribution in [1.82, 2.24) is 9.55 Å². The van der Waals surface area contributed by atoms with Crippen molar-refractivity contribution in [3.63, 3.8) is 0 Å². The van der Waals surface area contributed by atoms with Crippen LogP contribution in [0.4, 0.5) is 0 Å². The number of para-hydroxylation sites is 1. The van der Waals surface area contributed by atoms with Crippen LogP contribution in [0.1, 0.15) is 18.3 Å². The van der Waals surface area contributed by atoms with E-state index in [0.717, 1.165) is 33.4 Å². The summed E-state index contributed by atoms with van der Waals surface area (Å²) in [4.78, 5) is 4.60. The van der Waals surface area contributed by atoms with Gasteiger partial charge in [-0.15, -0.1) is 11.6 Å². The largest absolute Gasteiger partial charge is 0.294 e. The number of alkyl halides is 1. The number of hydrogen-bond acceptors (Lipinski definition) is 1. The first-order valence-corrected chi connectivity index (χ1v) is 8.37. The van der Waals surface area contributed by atoms with E-state index in [0.29, 0.717) is 10.9 Å². The maximum absolute atomic E-state index is 6.40. The van der Waals surface area contributed by atoms with E-state index in [1.165, 1.54) is 5.56 Å². The maximum Gasteiger partial charge on any atom is 0.129 e. The Morgan fingerprint density at radius 1 is 1.24 bits per heavy atom. The quantitative estimate of drug-likeness (QED) is 0.527. The maximum atomic E-state index is 6.40. The number of aromatic nitrogens is 2. The molecule has 0 aliphatic heterocycles. The molecule has 0 spiro atoms. The van der Waals surface area contributed by atoms with Crippen molar-refractivity contribution < 1.29 is 0 Å². The van der Waals surface area contributed by atoms with Gasteiger partial charge in [0.15, 0.2) is 0 Å². The van der Waals surface area contributed by atoms with Gasteiger partial charge in [0.1, 0.15) is 5.82 Å². The molecule has 3 aromatic rings. The normalized spacial score (nSPS) is 11.2. The van der Waals surface area contributed by atoms with Crippen LogP contribution in [0.5, 0.6) is 0 Å². The minimum atomic E-state index is 0.338. The molecule has 2 aromatic carbocycles. The Morgan fingerprint density at radius 3 is 2.76 bits per heavy atom. The predicted molar refractivity (Wildman–Crippen MR) is 92.7 cm³/mol. The summed E-state index contributed by atoms with van der Waals surface area (Å²) in [5, 5.41) is 0.682. The predicted octanol–water partition coefficient (Wildman–Crippen LogP) is 5.74. The second-order valence-electron chi connectivity index (χ2n) is 4.73. The summed E-state index contributed by atoms with van der Waals surface area (Å²) in [6.45, 7) is 2.13. The molecular formula is C16H13BrCl2N2. The SMILES string of the molecule is CCc1cc(Br)ccc1-n1c(CCl)nc2cccc(Cl)c21. The van der Waals surface area contributed by atoms with E-state index in [2.05, 4.69) is 44.5 Å². The standard InChI is InChI=1S/C16H13BrCl2N2/c1-2-10-8-11(17)6-7-14(10)21-15(9-18)20-13-5-3-4-12(19)16(13)21/h3-8H,2,9H2,1H3. The Kier molecular flexibility index (Phi) is 4.25. The number of halogens is 3. The second-order valence-corrected chi connectivity index (χ2v) is 6.32. The molecule has 0 aliphatic carbocycles. The fourth-order valence-corrected chi connectivity index (χ4v) is 3.38. The van der Waals surface area contributed by atoms with Crippen molar-refractivity contribution in [2.75, 3.05) is 0 Å². The Hall–Kier alpha value is -1.03. The summed E-state index contributed by atoms with van der Waals surface area (Å²) in [5.74, 6) is 1.14. The first-order valence-electron chi connectivity index (χ1n) is 6.66. The third kappa shape index (κ3) is 2.59. The van der Waals surface area contributed by atoms with E-state index in [1.54, 1.807) is 0 Å². The zero-order valence-electron chi connectivity index (χ0n) is 11.4. The van der Waals surface area contributed by atoms with Crippen LogP contribution >= 0.6 is 39.1 Å². The zero-order chi connectivity index (χ0) is 15.0. The second kappa shape index (κ2) is 5.99. The number of hydrogen-bond donors (Lipinski definition) is 0. The Labute approximate surface area is 141 Å². The molecule has 108 valence electrons. The van der Waals surface area contributed by atoms with Crippen molar-refractivity contribution >= 4 is 50.2 Å². The lowest BCUT2D eigenvalue weighted by molar-refractivity contribution is 0.954. The van der Waals surface area contributed by atoms with Crippen LogP contribution in [0.2, 0.25) is 5.02 Å². The van der Waals surface area contributed by atoms with Gasteiger partial charge < -0.3 is 0 Å². The molecule has 0 aliphatic rings. The van der Waals surface area contributed by atoms with E-state index in [4.69, 9.17) is 23.2 Å². The van der Waals surface area contributed by atoms with Crippen molar-refractivity contribution in [3.8, 4) is 5.69 Å². The number of aryl methyl sites for hydroxylation is 1. The van der Waals surface area contributed by atoms with Crippen LogP contribution < -0.4 is 0 Å². The molecule has 0 radical (unpaired) electrons. The third-order valence-corrected chi connectivity index (χ3v) is 4.52. The number of fused-ring (bicyclic) bond motifs is 1. The molecule has 0 atom stereocenters. The first-order chi connectivity index (χ1) is 10.2. The third-order valence-electron chi connectivity index (χ3n) is 3.48. The van der Waals surface area contributed by atoms with Crippen molar-refractivity contribution in [1.29, 1.82) is 0 Å². The molecule has 0 saturated carbocycles. The number of imidazole rings is 1. The van der Waals surface area contributed by atoms with Crippen LogP contribution in [0.25, 0.3) is 16.7 Å². The molecule has 0 fully saturated rings. The lowest BCUT2D eigenvalue weighted by Gasteiger charge is -2.13. The number of rotatable bonds is 3. The van der Waals surface area contributed by atoms with Crippen molar-refractivity contribution in [2.45, 2.75) is 19.2 Å². The van der Waals surface area contributed by atoms with Crippen LogP contribution in [0, 0.1) is 0 Å². The molecule has 21 heavy (non-hydrogen) atoms. The first kappa shape index (κ1) is 14.9. The van der Waals surface area contributed by atoms with E-state index >= 15 is 0 Å². The lowest BCUT2D eigenvalue weighted by Crippen LogP contribution is -2.03. The number of benzene rings is 2. The van der Waals surface area contributed by atoms with Crippen molar-refractivity contribution in [3.05, 3.63) is 57.3 Å². The molecule has 0 saturated heterocycles. The van der Waals surface area contributed by atoms with Crippen LogP contribution in [0.3, 0.4) is 0 Å². The van der Waals surface area contributed by atoms with E-state index in [9.17, 15) is 0 Å². The molecule has 0 bridgehead atoms. The molecule has 0 N–H and O–H groups in total. The molecular weight excluding hydrogens is 371 g/mol. The van der Waals surface area contributed by atoms with Gasteiger partial charge in [0.25, 0.3) is 0 Å². The highest BCUT2D eigenvalue weighted by molar-refractivity contribution is 9.10. The summed E-state index contributed by atoms with van der Waals surface area (Å²) in [6, 6.07) is 12.0. The van der Waals surface area contributed by atoms with Crippen LogP contribution in [-0.2, 0) is 12.3 Å². The van der Waals surface area contributed by atoms with Gasteiger partial charge in [-0.3, -0.25) is 4.57 Å². The molecule has 0 unspecified atom stereocenters. The minimum Gasteiger partial charge on any atom is -0.294 e. The van der Waals surface area contributed by atoms with Gasteiger partial charge in [-0.05, 0) is 42.3 Å². The Morgan fingerprint density at radius 2 is 2.05 bits per heavy atom. The van der Waals surface area contributed by atoms with Gasteiger partial charge in [-0.1, -0.05) is 40.5 Å². The van der Waals surface area contributed by atoms with Gasteiger partial charge in [0.2, 0.25) is 0 Å². The smallest absolute Gasteiger partial charge is 0.129 e. The van der Waals surface area contributed by atoms with Gasteiger partial charge >= 0.3 is 0 Å². The average molecular weight is 384 g/mol. The van der Waals surface area contributed by atoms with Gasteiger partial charge in [0.05, 0.1) is 27.6 Å². The molecule has 1 aromatic heterocycles. The van der Waals surface area contributed by atoms with Crippen LogP contribution in [0.15, 0.2) is 40.9 Å². The highest BCUT2D eigenvalue weighted by Gasteiger charge is 2.16. The molecule has 3 rings (SSSR count). The Bertz CT molecular complexity index is 811. The lowest BCUT2D eigenvalue weighted by atomic mass is 10.1. The molecule has 0 amide bonds. The molecule has 1 heterocycles. The highest BCUT2D eigenvalue weighted by atomic mass is 79.9. The summed E-state index contributed by atoms with van der Waals surface area (Å²) in [7, 11) is 0. The highest BCUT2D eigenvalue weighted by Crippen LogP contribution is 2.31. The average Bonchev–Trinajstić information content (AvgIpc) is 2.87. The fraction of sp³-hybridized carbons (Fsp3) is 0.188. The topological polar surface area (TPSA) is 17.8 Å². The van der Waals surface area contributed by atoms with Crippen LogP contribution in [-0.4, -0.2) is 9.55 Å². The summed E-state index contributed by atoms with van der Waals surface area (Å²) < 4.78 is 3.13. The monoisotopic (exact) mass is 382 g/mol. The van der Waals surface area contributed by atoms with E-state index in [-0.39, 0.29) is 0 Å². The van der Waals surface area contributed by atoms with E-state index in [1.807, 2.05) is 24.3 Å². The summed E-state index contributed by atoms with van der Waals surface area (Å²) in [6.07, 6.45) is 0.917. The Balaban J connectivity index is 2.39. The van der Waals surface area contributed by atoms with Crippen molar-refractivity contribution in [2.24, 2.45) is 0 Å². The fourth-order valence-electron chi connectivity index (χ4n) is 2.54. The summed E-state index contributed by atoms with van der Waals surface area (Å²) >= 11 is 16.0. The zero-order valence-corrected chi connectivity index (χ0v) is 14.5. The molecule has 5 heteroatoms. The van der Waals surface area contributed by atoms with E-state index < -0.39 is 0 Å². The van der Waals surface area contributed by atoms with Gasteiger partial charge in [-0.25, -0.2) is 4.98 Å². The van der Waals surface area contributed by atoms with Gasteiger partial charge in [-0.2, -0.15) is 0 Å². The summed E-state index contributed by atoms with van der Waals surface area (Å²) in [5.41, 5.74) is 4.07. The minimum absolute atomic E-state index is 0.338. The molecule has 2 nitrogen and oxygen atoms in total. The van der Waals surface area contributed by atoms with Gasteiger partial charge in [0, 0.05) is 4.47 Å². The number of nitrogens with zero attached hydrogens (tertiary/aromatic N) is 2.